The minimum atomic E-state index is 0.506. The number of likely N-dealkylation sites (N-methyl/N-ethyl adjacent to an activating group) is 1. The summed E-state index contributed by atoms with van der Waals surface area (Å²) in [4.78, 5) is 14.0. The molecule has 0 aromatic carbocycles. The van der Waals surface area contributed by atoms with E-state index in [2.05, 4.69) is 42.2 Å². The fraction of sp³-hybridized carbons (Fsp3) is 0.647. The molecule has 0 bridgehead atoms. The Morgan fingerprint density at radius 1 is 1.12 bits per heavy atom. The maximum atomic E-state index is 6.24. The second kappa shape index (κ2) is 6.90. The predicted molar refractivity (Wildman–Crippen MR) is 99.8 cm³/mol. The van der Waals surface area contributed by atoms with Gasteiger partial charge in [0.2, 0.25) is 0 Å². The summed E-state index contributed by atoms with van der Waals surface area (Å²) in [5.41, 5.74) is 0.885. The quantitative estimate of drug-likeness (QED) is 0.757. The van der Waals surface area contributed by atoms with Gasteiger partial charge in [-0.3, -0.25) is 9.30 Å². The SMILES string of the molecule is CN1CCN(C2CCC(c3nc(Br)c4c(Cl)nccn34)CC2)CC1. The molecule has 2 aliphatic rings. The Morgan fingerprint density at radius 3 is 2.54 bits per heavy atom. The fourth-order valence-corrected chi connectivity index (χ4v) is 5.07. The molecule has 1 saturated heterocycles. The van der Waals surface area contributed by atoms with Crippen molar-refractivity contribution in [3.63, 3.8) is 0 Å². The molecular formula is C17H23BrClN5. The first-order valence-corrected chi connectivity index (χ1v) is 9.91. The van der Waals surface area contributed by atoms with Crippen LogP contribution in [0.15, 0.2) is 17.0 Å². The van der Waals surface area contributed by atoms with Crippen molar-refractivity contribution in [2.24, 2.45) is 0 Å². The summed E-state index contributed by atoms with van der Waals surface area (Å²) in [5, 5.41) is 0.509. The van der Waals surface area contributed by atoms with Crippen LogP contribution in [0.2, 0.25) is 5.15 Å². The Balaban J connectivity index is 1.47. The molecule has 3 heterocycles. The Labute approximate surface area is 156 Å². The maximum Gasteiger partial charge on any atom is 0.155 e. The smallest absolute Gasteiger partial charge is 0.155 e. The first kappa shape index (κ1) is 16.8. The summed E-state index contributed by atoms with van der Waals surface area (Å²) in [7, 11) is 2.22. The molecule has 7 heteroatoms. The first-order chi connectivity index (χ1) is 11.6. The zero-order valence-electron chi connectivity index (χ0n) is 14.0. The number of rotatable bonds is 2. The highest BCUT2D eigenvalue weighted by molar-refractivity contribution is 9.10. The van der Waals surface area contributed by atoms with Crippen LogP contribution in [0.3, 0.4) is 0 Å². The van der Waals surface area contributed by atoms with Gasteiger partial charge in [0, 0.05) is 50.5 Å². The number of hydrogen-bond donors (Lipinski definition) is 0. The van der Waals surface area contributed by atoms with Crippen molar-refractivity contribution in [1.29, 1.82) is 0 Å². The van der Waals surface area contributed by atoms with Gasteiger partial charge in [-0.25, -0.2) is 9.97 Å². The average molecular weight is 413 g/mol. The summed E-state index contributed by atoms with van der Waals surface area (Å²) in [5.74, 6) is 1.63. The van der Waals surface area contributed by atoms with E-state index in [1.807, 2.05) is 6.20 Å². The molecule has 1 aliphatic heterocycles. The van der Waals surface area contributed by atoms with Gasteiger partial charge in [-0.05, 0) is 48.7 Å². The van der Waals surface area contributed by atoms with E-state index in [0.717, 1.165) is 22.0 Å². The average Bonchev–Trinajstić information content (AvgIpc) is 2.94. The van der Waals surface area contributed by atoms with Gasteiger partial charge in [-0.2, -0.15) is 0 Å². The van der Waals surface area contributed by atoms with E-state index in [0.29, 0.717) is 11.1 Å². The van der Waals surface area contributed by atoms with E-state index in [1.165, 1.54) is 51.9 Å². The van der Waals surface area contributed by atoms with Crippen molar-refractivity contribution in [2.45, 2.75) is 37.6 Å². The van der Waals surface area contributed by atoms with Crippen molar-refractivity contribution >= 4 is 33.0 Å². The number of imidazole rings is 1. The lowest BCUT2D eigenvalue weighted by molar-refractivity contribution is 0.0872. The Kier molecular flexibility index (Phi) is 4.82. The zero-order chi connectivity index (χ0) is 16.7. The molecule has 4 rings (SSSR count). The summed E-state index contributed by atoms with van der Waals surface area (Å²) in [6, 6.07) is 0.745. The van der Waals surface area contributed by atoms with E-state index >= 15 is 0 Å². The van der Waals surface area contributed by atoms with Gasteiger partial charge in [-0.1, -0.05) is 11.6 Å². The second-order valence-electron chi connectivity index (χ2n) is 7.04. The zero-order valence-corrected chi connectivity index (χ0v) is 16.3. The first-order valence-electron chi connectivity index (χ1n) is 8.74. The molecule has 2 aromatic heterocycles. The Hall–Kier alpha value is -0.690. The Morgan fingerprint density at radius 2 is 1.83 bits per heavy atom. The lowest BCUT2D eigenvalue weighted by Gasteiger charge is -2.41. The van der Waals surface area contributed by atoms with Crippen LogP contribution in [0.1, 0.15) is 37.4 Å². The van der Waals surface area contributed by atoms with E-state index in [1.54, 1.807) is 6.20 Å². The molecule has 24 heavy (non-hydrogen) atoms. The molecule has 0 unspecified atom stereocenters. The van der Waals surface area contributed by atoms with Gasteiger partial charge >= 0.3 is 0 Å². The lowest BCUT2D eigenvalue weighted by Crippen LogP contribution is -2.49. The minimum absolute atomic E-state index is 0.506. The van der Waals surface area contributed by atoms with Crippen LogP contribution in [-0.4, -0.2) is 63.4 Å². The van der Waals surface area contributed by atoms with Crippen LogP contribution in [0, 0.1) is 0 Å². The molecule has 1 aliphatic carbocycles. The number of halogens is 2. The van der Waals surface area contributed by atoms with Gasteiger partial charge in [0.15, 0.2) is 5.15 Å². The largest absolute Gasteiger partial charge is 0.304 e. The molecule has 1 saturated carbocycles. The molecule has 0 radical (unpaired) electrons. The fourth-order valence-electron chi connectivity index (χ4n) is 4.16. The van der Waals surface area contributed by atoms with Crippen LogP contribution in [0.5, 0.6) is 0 Å². The monoisotopic (exact) mass is 411 g/mol. The standard InChI is InChI=1S/C17H23BrClN5/c1-22-8-10-23(11-9-22)13-4-2-12(3-5-13)17-21-15(18)14-16(19)20-6-7-24(14)17/h6-7,12-13H,2-5,8-11H2,1H3. The van der Waals surface area contributed by atoms with Crippen LogP contribution in [0.4, 0.5) is 0 Å². The molecule has 2 fully saturated rings. The van der Waals surface area contributed by atoms with E-state index in [4.69, 9.17) is 16.6 Å². The van der Waals surface area contributed by atoms with E-state index in [-0.39, 0.29) is 0 Å². The van der Waals surface area contributed by atoms with Crippen molar-refractivity contribution < 1.29 is 0 Å². The highest BCUT2D eigenvalue weighted by Crippen LogP contribution is 2.37. The molecule has 5 nitrogen and oxygen atoms in total. The summed E-state index contributed by atoms with van der Waals surface area (Å²) in [6.45, 7) is 4.82. The van der Waals surface area contributed by atoms with Crippen molar-refractivity contribution in [1.82, 2.24) is 24.2 Å². The molecule has 130 valence electrons. The summed E-state index contributed by atoms with van der Waals surface area (Å²) < 4.78 is 2.91. The third-order valence-electron chi connectivity index (χ3n) is 5.61. The van der Waals surface area contributed by atoms with Crippen molar-refractivity contribution in [3.05, 3.63) is 28.0 Å². The topological polar surface area (TPSA) is 36.7 Å². The summed E-state index contributed by atoms with van der Waals surface area (Å²) >= 11 is 9.78. The number of piperazine rings is 1. The van der Waals surface area contributed by atoms with Crippen molar-refractivity contribution in [2.75, 3.05) is 33.2 Å². The molecule has 2 aromatic rings. The highest BCUT2D eigenvalue weighted by Gasteiger charge is 2.30. The van der Waals surface area contributed by atoms with Gasteiger partial charge in [0.05, 0.1) is 0 Å². The molecule has 0 atom stereocenters. The third-order valence-corrected chi connectivity index (χ3v) is 6.44. The van der Waals surface area contributed by atoms with Gasteiger partial charge in [0.25, 0.3) is 0 Å². The van der Waals surface area contributed by atoms with E-state index in [9.17, 15) is 0 Å². The number of hydrogen-bond acceptors (Lipinski definition) is 4. The molecule has 0 spiro atoms. The van der Waals surface area contributed by atoms with Gasteiger partial charge in [0.1, 0.15) is 15.9 Å². The maximum absolute atomic E-state index is 6.24. The van der Waals surface area contributed by atoms with Crippen LogP contribution < -0.4 is 0 Å². The molecular weight excluding hydrogens is 390 g/mol. The van der Waals surface area contributed by atoms with Crippen LogP contribution in [-0.2, 0) is 0 Å². The van der Waals surface area contributed by atoms with Crippen molar-refractivity contribution in [3.8, 4) is 0 Å². The number of nitrogens with zero attached hydrogens (tertiary/aromatic N) is 5. The number of aromatic nitrogens is 3. The number of fused-ring (bicyclic) bond motifs is 1. The normalized spacial score (nSPS) is 27.0. The Bertz CT molecular complexity index is 717. The third kappa shape index (κ3) is 3.09. The van der Waals surface area contributed by atoms with Crippen LogP contribution in [0.25, 0.3) is 5.52 Å². The van der Waals surface area contributed by atoms with Gasteiger partial charge in [-0.15, -0.1) is 0 Å². The summed E-state index contributed by atoms with van der Waals surface area (Å²) in [6.07, 6.45) is 8.65. The predicted octanol–water partition coefficient (Wildman–Crippen LogP) is 3.42. The second-order valence-corrected chi connectivity index (χ2v) is 8.15. The minimum Gasteiger partial charge on any atom is -0.304 e. The van der Waals surface area contributed by atoms with E-state index < -0.39 is 0 Å². The highest BCUT2D eigenvalue weighted by atomic mass is 79.9. The molecule has 0 amide bonds. The van der Waals surface area contributed by atoms with Gasteiger partial charge < -0.3 is 4.90 Å². The van der Waals surface area contributed by atoms with Crippen LogP contribution >= 0.6 is 27.5 Å². The lowest BCUT2D eigenvalue weighted by atomic mass is 9.84. The molecule has 0 N–H and O–H groups in total.